The molecule has 110 valence electrons. The minimum absolute atomic E-state index is 0.123. The SMILES string of the molecule is CCCCOCCCCCCCCCS(N)(=O)=O. The highest BCUT2D eigenvalue weighted by atomic mass is 32.2. The Hall–Kier alpha value is -0.130. The summed E-state index contributed by atoms with van der Waals surface area (Å²) in [5, 5.41) is 4.92. The van der Waals surface area contributed by atoms with Gasteiger partial charge in [0.25, 0.3) is 0 Å². The number of sulfonamides is 1. The van der Waals surface area contributed by atoms with Gasteiger partial charge in [-0.2, -0.15) is 0 Å². The molecule has 2 N–H and O–H groups in total. The van der Waals surface area contributed by atoms with Crippen molar-refractivity contribution in [3.63, 3.8) is 0 Å². The minimum atomic E-state index is -3.25. The molecule has 0 aromatic heterocycles. The maximum Gasteiger partial charge on any atom is 0.209 e. The van der Waals surface area contributed by atoms with Crippen molar-refractivity contribution >= 4 is 10.0 Å². The van der Waals surface area contributed by atoms with E-state index in [-0.39, 0.29) is 5.75 Å². The Bertz CT molecular complexity index is 265. The molecule has 0 aromatic rings. The fourth-order valence-electron chi connectivity index (χ4n) is 1.74. The predicted molar refractivity (Wildman–Crippen MR) is 76.0 cm³/mol. The lowest BCUT2D eigenvalue weighted by Gasteiger charge is -2.03. The van der Waals surface area contributed by atoms with Crippen molar-refractivity contribution in [3.8, 4) is 0 Å². The number of hydrogen-bond acceptors (Lipinski definition) is 3. The average molecular weight is 279 g/mol. The maximum atomic E-state index is 10.7. The summed E-state index contributed by atoms with van der Waals surface area (Å²) in [6.07, 6.45) is 9.85. The topological polar surface area (TPSA) is 69.4 Å². The Morgan fingerprint density at radius 1 is 0.833 bits per heavy atom. The molecule has 0 atom stereocenters. The normalized spacial score (nSPS) is 11.9. The molecule has 0 aromatic carbocycles. The molecule has 0 fully saturated rings. The molecular formula is C13H29NO3S. The third-order valence-electron chi connectivity index (χ3n) is 2.86. The summed E-state index contributed by atoms with van der Waals surface area (Å²) < 4.78 is 26.8. The summed E-state index contributed by atoms with van der Waals surface area (Å²) in [7, 11) is -3.25. The van der Waals surface area contributed by atoms with Crippen molar-refractivity contribution in [2.45, 2.75) is 64.7 Å². The molecule has 0 amide bonds. The van der Waals surface area contributed by atoms with Gasteiger partial charge in [-0.1, -0.05) is 45.4 Å². The Morgan fingerprint density at radius 3 is 1.89 bits per heavy atom. The Morgan fingerprint density at radius 2 is 1.33 bits per heavy atom. The molecule has 18 heavy (non-hydrogen) atoms. The van der Waals surface area contributed by atoms with E-state index in [1.807, 2.05) is 0 Å². The highest BCUT2D eigenvalue weighted by molar-refractivity contribution is 7.89. The van der Waals surface area contributed by atoms with E-state index in [9.17, 15) is 8.42 Å². The first-order valence-corrected chi connectivity index (χ1v) is 8.86. The molecule has 0 heterocycles. The molecule has 0 unspecified atom stereocenters. The van der Waals surface area contributed by atoms with Gasteiger partial charge in [-0.15, -0.1) is 0 Å². The summed E-state index contributed by atoms with van der Waals surface area (Å²) in [6.45, 7) is 3.94. The molecule has 0 spiro atoms. The number of ether oxygens (including phenoxy) is 1. The van der Waals surface area contributed by atoms with Crippen LogP contribution >= 0.6 is 0 Å². The van der Waals surface area contributed by atoms with Gasteiger partial charge in [0.15, 0.2) is 0 Å². The van der Waals surface area contributed by atoms with Gasteiger partial charge in [0.2, 0.25) is 10.0 Å². The zero-order chi connectivity index (χ0) is 13.7. The fourth-order valence-corrected chi connectivity index (χ4v) is 2.35. The van der Waals surface area contributed by atoms with Crippen LogP contribution in [0.15, 0.2) is 0 Å². The van der Waals surface area contributed by atoms with Gasteiger partial charge in [-0.05, 0) is 19.3 Å². The van der Waals surface area contributed by atoms with E-state index in [0.29, 0.717) is 6.42 Å². The molecule has 0 bridgehead atoms. The Kier molecular flexibility index (Phi) is 11.8. The number of primary sulfonamides is 1. The first-order chi connectivity index (χ1) is 8.56. The summed E-state index contributed by atoms with van der Waals surface area (Å²) in [5.74, 6) is 0.123. The third-order valence-corrected chi connectivity index (χ3v) is 3.72. The molecule has 0 radical (unpaired) electrons. The second-order valence-corrected chi connectivity index (χ2v) is 6.54. The molecule has 0 saturated heterocycles. The van der Waals surface area contributed by atoms with Crippen LogP contribution in [0.1, 0.15) is 64.7 Å². The van der Waals surface area contributed by atoms with Crippen molar-refractivity contribution in [2.75, 3.05) is 19.0 Å². The molecule has 0 aliphatic heterocycles. The van der Waals surface area contributed by atoms with Crippen LogP contribution in [-0.2, 0) is 14.8 Å². The van der Waals surface area contributed by atoms with Crippen LogP contribution in [0.5, 0.6) is 0 Å². The van der Waals surface area contributed by atoms with E-state index in [2.05, 4.69) is 6.92 Å². The van der Waals surface area contributed by atoms with Crippen LogP contribution in [-0.4, -0.2) is 27.4 Å². The summed E-state index contributed by atoms with van der Waals surface area (Å²) in [6, 6.07) is 0. The average Bonchev–Trinajstić information content (AvgIpc) is 2.29. The first-order valence-electron chi connectivity index (χ1n) is 7.14. The second-order valence-electron chi connectivity index (χ2n) is 4.81. The van der Waals surface area contributed by atoms with E-state index in [1.165, 1.54) is 25.7 Å². The maximum absolute atomic E-state index is 10.7. The molecule has 0 saturated carbocycles. The number of rotatable bonds is 13. The Labute approximate surface area is 112 Å². The molecular weight excluding hydrogens is 250 g/mol. The molecule has 4 nitrogen and oxygen atoms in total. The largest absolute Gasteiger partial charge is 0.381 e. The smallest absolute Gasteiger partial charge is 0.209 e. The van der Waals surface area contributed by atoms with Crippen LogP contribution in [0.3, 0.4) is 0 Å². The van der Waals surface area contributed by atoms with E-state index in [4.69, 9.17) is 9.88 Å². The fraction of sp³-hybridized carbons (Fsp3) is 1.00. The van der Waals surface area contributed by atoms with Gasteiger partial charge < -0.3 is 4.74 Å². The van der Waals surface area contributed by atoms with Gasteiger partial charge in [-0.3, -0.25) is 0 Å². The monoisotopic (exact) mass is 279 g/mol. The number of hydrogen-bond donors (Lipinski definition) is 1. The van der Waals surface area contributed by atoms with E-state index in [0.717, 1.165) is 38.9 Å². The molecule has 0 rings (SSSR count). The number of nitrogens with two attached hydrogens (primary N) is 1. The summed E-state index contributed by atoms with van der Waals surface area (Å²) in [4.78, 5) is 0. The second kappa shape index (κ2) is 11.9. The van der Waals surface area contributed by atoms with Crippen LogP contribution in [0.2, 0.25) is 0 Å². The van der Waals surface area contributed by atoms with E-state index in [1.54, 1.807) is 0 Å². The summed E-state index contributed by atoms with van der Waals surface area (Å²) >= 11 is 0. The lowest BCUT2D eigenvalue weighted by atomic mass is 10.1. The molecule has 0 aliphatic carbocycles. The van der Waals surface area contributed by atoms with Crippen LogP contribution in [0.25, 0.3) is 0 Å². The molecule has 0 aliphatic rings. The quantitative estimate of drug-likeness (QED) is 0.527. The zero-order valence-electron chi connectivity index (χ0n) is 11.7. The number of unbranched alkanes of at least 4 members (excludes halogenated alkanes) is 7. The van der Waals surface area contributed by atoms with Gasteiger partial charge >= 0.3 is 0 Å². The van der Waals surface area contributed by atoms with Crippen molar-refractivity contribution in [2.24, 2.45) is 5.14 Å². The van der Waals surface area contributed by atoms with Crippen LogP contribution < -0.4 is 5.14 Å². The van der Waals surface area contributed by atoms with Crippen molar-refractivity contribution < 1.29 is 13.2 Å². The third kappa shape index (κ3) is 15.9. The lowest BCUT2D eigenvalue weighted by molar-refractivity contribution is 0.127. The first kappa shape index (κ1) is 17.9. The lowest BCUT2D eigenvalue weighted by Crippen LogP contribution is -2.16. The van der Waals surface area contributed by atoms with Gasteiger partial charge in [0.1, 0.15) is 0 Å². The van der Waals surface area contributed by atoms with Gasteiger partial charge in [-0.25, -0.2) is 13.6 Å². The summed E-state index contributed by atoms with van der Waals surface area (Å²) in [5.41, 5.74) is 0. The van der Waals surface area contributed by atoms with E-state index >= 15 is 0 Å². The molecule has 5 heteroatoms. The van der Waals surface area contributed by atoms with Crippen LogP contribution in [0.4, 0.5) is 0 Å². The minimum Gasteiger partial charge on any atom is -0.381 e. The highest BCUT2D eigenvalue weighted by Gasteiger charge is 2.01. The Balaban J connectivity index is 3.03. The van der Waals surface area contributed by atoms with Gasteiger partial charge in [0, 0.05) is 13.2 Å². The zero-order valence-corrected chi connectivity index (χ0v) is 12.5. The van der Waals surface area contributed by atoms with Crippen molar-refractivity contribution in [1.29, 1.82) is 0 Å². The predicted octanol–water partition coefficient (Wildman–Crippen LogP) is 2.82. The van der Waals surface area contributed by atoms with Crippen molar-refractivity contribution in [1.82, 2.24) is 0 Å². The standard InChI is InChI=1S/C13H29NO3S/c1-2-3-11-17-12-9-7-5-4-6-8-10-13-18(14,15)16/h2-13H2,1H3,(H2,14,15,16). The van der Waals surface area contributed by atoms with Gasteiger partial charge in [0.05, 0.1) is 5.75 Å². The highest BCUT2D eigenvalue weighted by Crippen LogP contribution is 2.07. The van der Waals surface area contributed by atoms with Crippen LogP contribution in [0, 0.1) is 0 Å². The van der Waals surface area contributed by atoms with E-state index < -0.39 is 10.0 Å². The van der Waals surface area contributed by atoms with Crippen molar-refractivity contribution in [3.05, 3.63) is 0 Å².